The van der Waals surface area contributed by atoms with Crippen molar-refractivity contribution in [1.29, 1.82) is 0 Å². The molecular formula is C100H133N15O22. The van der Waals surface area contributed by atoms with Gasteiger partial charge in [0.05, 0.1) is 69.3 Å². The second kappa shape index (κ2) is 49.1. The molecule has 137 heavy (non-hydrogen) atoms. The highest BCUT2D eigenvalue weighted by Gasteiger charge is 2.41. The first kappa shape index (κ1) is 108. The van der Waals surface area contributed by atoms with E-state index in [2.05, 4.69) is 48.2 Å². The minimum Gasteiger partial charge on any atom is -0.481 e. The number of nitrogens with zero attached hydrogens (tertiary/aromatic N) is 6. The summed E-state index contributed by atoms with van der Waals surface area (Å²) in [4.78, 5) is 208. The Morgan fingerprint density at radius 1 is 0.387 bits per heavy atom. The molecule has 0 saturated carbocycles. The Morgan fingerprint density at radius 3 is 0.934 bits per heavy atom. The number of hydrazine groups is 3. The molecule has 6 aliphatic heterocycles. The number of carbonyl (C=O) groups is 15. The SMILES string of the molecule is CC(=O)O[C@@H](C)[C@H]1/C=C/c2ccc3ccc(nc3c2)[C@@H](C)OC(=O)[C@@H]2CCCN(N2)C(=O)[C@H](C)NC(=O)[C@H](C(C)C)NC1=O.CC(C)C(=O)O.CC(C)C(=O)O[C@@H](C)[C@H]1/C=C/c2ccc3ccc(nc3c2)[C@@H](C)OC(=O)[C@@H]2CCCN(N2)C(=O)[C@H](C)NC(=O)[C@H](C(C)C)NC1=O.CC(C)[C@@H]1NC(=O)[C@@H]([C@H](C)O)/C=C/c2ccc3ccc(nc3c2)[C@@H](C)OC(=O)[C@@H]2CCCN(N2)C(=O)[C@H](C)NC1=O. The van der Waals surface area contributed by atoms with Crippen LogP contribution in [0.4, 0.5) is 0 Å². The number of hydrogen-bond donors (Lipinski definition) is 11. The van der Waals surface area contributed by atoms with Gasteiger partial charge < -0.3 is 65.8 Å². The lowest BCUT2D eigenvalue weighted by atomic mass is 9.97. The van der Waals surface area contributed by atoms with Gasteiger partial charge in [-0.1, -0.05) is 160 Å². The molecule has 15 bridgehead atoms. The first-order valence-electron chi connectivity index (χ1n) is 46.9. The number of esters is 5. The third-order valence-electron chi connectivity index (χ3n) is 24.0. The number of cyclic esters (lactones) is 3. The van der Waals surface area contributed by atoms with Gasteiger partial charge in [-0.25, -0.2) is 31.2 Å². The van der Waals surface area contributed by atoms with E-state index in [0.29, 0.717) is 91.8 Å². The smallest absolute Gasteiger partial charge is 0.325 e. The van der Waals surface area contributed by atoms with Gasteiger partial charge in [0.1, 0.15) is 84.9 Å². The summed E-state index contributed by atoms with van der Waals surface area (Å²) < 4.78 is 28.2. The third kappa shape index (κ3) is 29.8. The van der Waals surface area contributed by atoms with Crippen molar-refractivity contribution in [3.05, 3.63) is 143 Å². The molecule has 3 saturated heterocycles. The maximum Gasteiger partial charge on any atom is 0.325 e. The van der Waals surface area contributed by atoms with Gasteiger partial charge in [-0.2, -0.15) is 0 Å². The molecular weight excluding hydrogens is 1760 g/mol. The van der Waals surface area contributed by atoms with Crippen molar-refractivity contribution in [2.75, 3.05) is 19.6 Å². The van der Waals surface area contributed by atoms with E-state index in [-0.39, 0.29) is 23.7 Å². The zero-order chi connectivity index (χ0) is 101. The van der Waals surface area contributed by atoms with Crippen molar-refractivity contribution < 1.29 is 106 Å². The standard InChI is InChI=1S/C34H45N5O7.C32H41N5O7.C30H39N5O6.C4H8O2/c1-18(2)29-31(41)35-20(5)32(42)39-16-8-9-27(38-39)34(44)46-22(7)26-15-13-24-12-10-23(17-28(24)36-26)11-14-25(30(40)37-29)21(6)45-33(43)19(3)4;1-17(2)28-30(40)33-18(3)31(41)37-15-7-8-26(36-37)32(42)44-20(5)25-14-12-23-11-9-22(16-27(23)34-25)10-13-24(29(39)35-28)19(4)43-21(6)38;1-16(2)26-28(38)31-17(3)29(39)35-14-6-7-24(34-35)30(40)41-19(5)23-13-11-21-10-8-20(15-25(21)32-23)9-12-22(18(4)36)27(37)33-26;1-3(2)4(5)6/h10-15,17-22,25,27,29,38H,8-9,16H2,1-7H3,(H,35,41)(H,37,40);9-14,16-20,24,26,28,36H,7-8,15H2,1-6H3,(H,33,40)(H,35,39);8-13,15-19,22,24,26,34,36H,6-7,14H2,1-5H3,(H,31,38)(H,33,37);3H,1-2H3,(H,5,6)/b14-11+;13-10+;12-9+;/t20-,21-,22+,25+,27-,29-;18-,19-,20+,24+,26-,28-;17-,18-,19+,22+,24-,26-;/m000./s1. The number of aliphatic hydroxyl groups excluding tert-OH is 1. The van der Waals surface area contributed by atoms with Gasteiger partial charge in [0.25, 0.3) is 17.7 Å². The van der Waals surface area contributed by atoms with E-state index >= 15 is 0 Å². The molecule has 11 N–H and O–H groups in total. The lowest BCUT2D eigenvalue weighted by Gasteiger charge is -2.35. The predicted octanol–water partition coefficient (Wildman–Crippen LogP) is 8.52. The molecule has 0 unspecified atom stereocenters. The zero-order valence-electron chi connectivity index (χ0n) is 81.5. The van der Waals surface area contributed by atoms with Gasteiger partial charge in [-0.05, 0) is 172 Å². The van der Waals surface area contributed by atoms with E-state index in [1.807, 2.05) is 72.8 Å². The maximum absolute atomic E-state index is 13.8. The van der Waals surface area contributed by atoms with Crippen molar-refractivity contribution >= 4 is 140 Å². The molecule has 18 atom stereocenters. The van der Waals surface area contributed by atoms with Crippen LogP contribution < -0.4 is 48.2 Å². The largest absolute Gasteiger partial charge is 0.481 e. The van der Waals surface area contributed by atoms with E-state index in [4.69, 9.17) is 43.7 Å². The number of fused-ring (bicyclic) bond motifs is 12. The fourth-order valence-corrected chi connectivity index (χ4v) is 15.6. The molecule has 0 aliphatic carbocycles. The Kier molecular flexibility index (Phi) is 38.6. The molecule has 9 heterocycles. The third-order valence-corrected chi connectivity index (χ3v) is 24.0. The topological polar surface area (TPSA) is 499 Å². The Balaban J connectivity index is 0.000000223. The Morgan fingerprint density at radius 2 is 0.664 bits per heavy atom. The molecule has 3 fully saturated rings. The van der Waals surface area contributed by atoms with Crippen LogP contribution in [0.25, 0.3) is 50.9 Å². The molecule has 6 aliphatic rings. The van der Waals surface area contributed by atoms with E-state index in [0.717, 1.165) is 32.8 Å². The van der Waals surface area contributed by atoms with Crippen molar-refractivity contribution in [3.63, 3.8) is 0 Å². The Hall–Kier alpha value is -13.0. The first-order chi connectivity index (χ1) is 64.7. The first-order valence-corrected chi connectivity index (χ1v) is 46.9. The average molecular weight is 1900 g/mol. The summed E-state index contributed by atoms with van der Waals surface area (Å²) in [7, 11) is 0. The summed E-state index contributed by atoms with van der Waals surface area (Å²) >= 11 is 0. The minimum atomic E-state index is -1.02. The number of hydrogen-bond acceptors (Lipinski definition) is 27. The van der Waals surface area contributed by atoms with E-state index in [1.54, 1.807) is 179 Å². The second-order valence-electron chi connectivity index (χ2n) is 37.1. The highest BCUT2D eigenvalue weighted by molar-refractivity contribution is 5.97. The molecule has 740 valence electrons. The number of benzene rings is 3. The number of ether oxygens (including phenoxy) is 5. The van der Waals surface area contributed by atoms with Crippen LogP contribution in [-0.2, 0) is 95.6 Å². The highest BCUT2D eigenvalue weighted by atomic mass is 16.6. The summed E-state index contributed by atoms with van der Waals surface area (Å²) in [5.41, 5.74) is 14.8. The van der Waals surface area contributed by atoms with Crippen LogP contribution >= 0.6 is 0 Å². The number of aromatic nitrogens is 3. The second-order valence-corrected chi connectivity index (χ2v) is 37.1. The van der Waals surface area contributed by atoms with Crippen molar-refractivity contribution in [1.82, 2.24) is 78.2 Å². The number of aliphatic carboxylic acids is 1. The van der Waals surface area contributed by atoms with Crippen molar-refractivity contribution in [3.8, 4) is 0 Å². The average Bonchev–Trinajstić information content (AvgIpc) is 1.58. The van der Waals surface area contributed by atoms with E-state index in [1.165, 1.54) is 28.9 Å². The van der Waals surface area contributed by atoms with Crippen LogP contribution in [-0.4, -0.2) is 221 Å². The Bertz CT molecular complexity index is 5500. The molecule has 37 nitrogen and oxygen atoms in total. The molecule has 3 aromatic carbocycles. The minimum absolute atomic E-state index is 0.231. The van der Waals surface area contributed by atoms with Gasteiger partial charge in [-0.3, -0.25) is 86.9 Å². The Labute approximate surface area is 798 Å². The van der Waals surface area contributed by atoms with Crippen LogP contribution in [0.15, 0.2) is 109 Å². The summed E-state index contributed by atoms with van der Waals surface area (Å²) in [6.45, 7) is 34.3. The number of carbonyl (C=O) groups excluding carboxylic acids is 14. The molecule has 9 amide bonds. The molecule has 0 spiro atoms. The van der Waals surface area contributed by atoms with Crippen LogP contribution in [0, 0.1) is 47.3 Å². The van der Waals surface area contributed by atoms with Crippen LogP contribution in [0.2, 0.25) is 0 Å². The van der Waals surface area contributed by atoms with Gasteiger partial charge >= 0.3 is 35.8 Å². The van der Waals surface area contributed by atoms with E-state index < -0.39 is 204 Å². The van der Waals surface area contributed by atoms with Gasteiger partial charge in [-0.15, -0.1) is 0 Å². The van der Waals surface area contributed by atoms with Crippen molar-refractivity contribution in [2.24, 2.45) is 47.3 Å². The number of pyridine rings is 3. The summed E-state index contributed by atoms with van der Waals surface area (Å²) in [6.07, 6.45) is 8.55. The number of carboxylic acids is 1. The summed E-state index contributed by atoms with van der Waals surface area (Å²) in [6, 6.07) is 20.0. The molecule has 37 heteroatoms. The highest BCUT2D eigenvalue weighted by Crippen LogP contribution is 2.30. The molecule has 12 rings (SSSR count). The van der Waals surface area contributed by atoms with Crippen LogP contribution in [0.1, 0.15) is 229 Å². The molecule has 0 radical (unpaired) electrons. The fourth-order valence-electron chi connectivity index (χ4n) is 15.6. The van der Waals surface area contributed by atoms with Gasteiger partial charge in [0.15, 0.2) is 0 Å². The number of aliphatic hydroxyl groups is 1. The van der Waals surface area contributed by atoms with Crippen LogP contribution in [0.3, 0.4) is 0 Å². The van der Waals surface area contributed by atoms with Crippen molar-refractivity contribution in [2.45, 2.75) is 268 Å². The lowest BCUT2D eigenvalue weighted by Crippen LogP contribution is -2.61. The summed E-state index contributed by atoms with van der Waals surface area (Å²) in [5.74, 6) is -12.0. The van der Waals surface area contributed by atoms with E-state index in [9.17, 15) is 77.0 Å². The number of carboxylic acid groups (broad SMARTS) is 1. The quantitative estimate of drug-likeness (QED) is 0.0452. The van der Waals surface area contributed by atoms with Gasteiger partial charge in [0, 0.05) is 42.7 Å². The maximum atomic E-state index is 13.8. The number of amides is 9. The van der Waals surface area contributed by atoms with Gasteiger partial charge in [0.2, 0.25) is 35.4 Å². The number of rotatable bonds is 10. The zero-order valence-corrected chi connectivity index (χ0v) is 81.5. The fraction of sp³-hybridized carbons (Fsp3) is 0.520. The monoisotopic (exact) mass is 1900 g/mol. The molecule has 6 aromatic rings. The molecule has 3 aromatic heterocycles. The normalized spacial score (nSPS) is 26.3. The summed E-state index contributed by atoms with van der Waals surface area (Å²) in [5, 5.41) is 41.5. The number of nitrogens with one attached hydrogen (secondary N) is 9. The predicted molar refractivity (Wildman–Crippen MR) is 509 cm³/mol. The lowest BCUT2D eigenvalue weighted by molar-refractivity contribution is -0.158. The van der Waals surface area contributed by atoms with Crippen LogP contribution in [0.5, 0.6) is 0 Å².